The molecule has 1 aliphatic heterocycles. The fourth-order valence-corrected chi connectivity index (χ4v) is 3.54. The van der Waals surface area contributed by atoms with E-state index in [1.807, 2.05) is 6.92 Å². The Labute approximate surface area is 157 Å². The molecule has 0 aromatic heterocycles. The monoisotopic (exact) mass is 349 g/mol. The zero-order chi connectivity index (χ0) is 18.2. The second kappa shape index (κ2) is 15.4. The fourth-order valence-electron chi connectivity index (χ4n) is 3.54. The van der Waals surface area contributed by atoms with Gasteiger partial charge in [0, 0.05) is 13.0 Å². The van der Waals surface area contributed by atoms with Crippen LogP contribution in [0.1, 0.15) is 104 Å². The van der Waals surface area contributed by atoms with Gasteiger partial charge >= 0.3 is 0 Å². The lowest BCUT2D eigenvalue weighted by Gasteiger charge is -2.23. The number of allylic oxidation sites excluding steroid dienone is 1. The van der Waals surface area contributed by atoms with Gasteiger partial charge in [-0.1, -0.05) is 89.7 Å². The second-order valence-corrected chi connectivity index (χ2v) is 7.59. The first-order valence-electron chi connectivity index (χ1n) is 11.0. The zero-order valence-corrected chi connectivity index (χ0v) is 17.0. The van der Waals surface area contributed by atoms with Crippen molar-refractivity contribution in [2.45, 2.75) is 110 Å². The van der Waals surface area contributed by atoms with Crippen molar-refractivity contribution in [1.29, 1.82) is 0 Å². The van der Waals surface area contributed by atoms with Crippen LogP contribution in [-0.2, 0) is 0 Å². The van der Waals surface area contributed by atoms with Crippen LogP contribution in [0.4, 0.5) is 0 Å². The summed E-state index contributed by atoms with van der Waals surface area (Å²) in [6.07, 6.45) is 23.9. The van der Waals surface area contributed by atoms with Crippen molar-refractivity contribution in [3.05, 3.63) is 12.2 Å². The van der Waals surface area contributed by atoms with Crippen LogP contribution in [0.25, 0.3) is 0 Å². The number of hydrogen-bond acceptors (Lipinski definition) is 3. The fraction of sp³-hybridized carbons (Fsp3) is 0.864. The van der Waals surface area contributed by atoms with Gasteiger partial charge in [0.2, 0.25) is 0 Å². The van der Waals surface area contributed by atoms with Gasteiger partial charge in [-0.25, -0.2) is 0 Å². The predicted octanol–water partition coefficient (Wildman–Crippen LogP) is 6.04. The Morgan fingerprint density at radius 2 is 1.48 bits per heavy atom. The van der Waals surface area contributed by atoms with E-state index in [-0.39, 0.29) is 6.17 Å². The van der Waals surface area contributed by atoms with E-state index in [9.17, 15) is 0 Å². The summed E-state index contributed by atoms with van der Waals surface area (Å²) >= 11 is 0. The number of amidine groups is 1. The van der Waals surface area contributed by atoms with E-state index in [4.69, 9.17) is 5.73 Å². The molecule has 1 unspecified atom stereocenters. The molecule has 0 saturated carbocycles. The van der Waals surface area contributed by atoms with Crippen LogP contribution in [0.5, 0.6) is 0 Å². The van der Waals surface area contributed by atoms with Gasteiger partial charge < -0.3 is 10.6 Å². The minimum atomic E-state index is 0.0889. The van der Waals surface area contributed by atoms with Crippen molar-refractivity contribution in [1.82, 2.24) is 4.90 Å². The van der Waals surface area contributed by atoms with E-state index in [2.05, 4.69) is 29.0 Å². The highest BCUT2D eigenvalue weighted by Gasteiger charge is 2.17. The Morgan fingerprint density at radius 3 is 2.04 bits per heavy atom. The normalized spacial score (nSPS) is 16.0. The first-order chi connectivity index (χ1) is 12.3. The predicted molar refractivity (Wildman–Crippen MR) is 112 cm³/mol. The van der Waals surface area contributed by atoms with Gasteiger partial charge in [-0.2, -0.15) is 0 Å². The van der Waals surface area contributed by atoms with E-state index in [0.717, 1.165) is 19.5 Å². The number of nitrogens with zero attached hydrogens (tertiary/aromatic N) is 2. The van der Waals surface area contributed by atoms with E-state index in [1.165, 1.54) is 89.3 Å². The number of aliphatic imine (C=N–C) groups is 1. The van der Waals surface area contributed by atoms with Crippen LogP contribution in [0.15, 0.2) is 17.1 Å². The van der Waals surface area contributed by atoms with E-state index in [1.54, 1.807) is 0 Å². The third kappa shape index (κ3) is 11.4. The Morgan fingerprint density at radius 1 is 0.920 bits per heavy atom. The van der Waals surface area contributed by atoms with Gasteiger partial charge in [-0.05, 0) is 19.8 Å². The molecule has 0 spiro atoms. The van der Waals surface area contributed by atoms with Gasteiger partial charge in [0.25, 0.3) is 0 Å². The Balaban J connectivity index is 1.84. The highest BCUT2D eigenvalue weighted by atomic mass is 15.3. The third-order valence-corrected chi connectivity index (χ3v) is 5.15. The Kier molecular flexibility index (Phi) is 13.7. The van der Waals surface area contributed by atoms with E-state index in [0.29, 0.717) is 0 Å². The summed E-state index contributed by atoms with van der Waals surface area (Å²) in [7, 11) is 0. The highest BCUT2D eigenvalue weighted by molar-refractivity contribution is 5.85. The summed E-state index contributed by atoms with van der Waals surface area (Å²) in [5, 5.41) is 0. The SMILES string of the molecule is CCCCCCCCCCCCCC/C=C/CC1=NCCN1C(C)N. The molecule has 0 amide bonds. The molecule has 0 fully saturated rings. The number of hydrogen-bond donors (Lipinski definition) is 1. The summed E-state index contributed by atoms with van der Waals surface area (Å²) in [6.45, 7) is 6.22. The molecule has 0 saturated heterocycles. The summed E-state index contributed by atoms with van der Waals surface area (Å²) in [5.74, 6) is 1.17. The molecule has 1 aliphatic rings. The largest absolute Gasteiger partial charge is 0.343 e. The van der Waals surface area contributed by atoms with Crippen molar-refractivity contribution in [2.75, 3.05) is 13.1 Å². The third-order valence-electron chi connectivity index (χ3n) is 5.15. The van der Waals surface area contributed by atoms with E-state index >= 15 is 0 Å². The smallest absolute Gasteiger partial charge is 0.104 e. The highest BCUT2D eigenvalue weighted by Crippen LogP contribution is 2.13. The Hall–Kier alpha value is -0.830. The maximum absolute atomic E-state index is 5.97. The number of nitrogens with two attached hydrogens (primary N) is 1. The first-order valence-corrected chi connectivity index (χ1v) is 11.0. The quantitative estimate of drug-likeness (QED) is 0.272. The Bertz CT molecular complexity index is 360. The molecule has 0 aliphatic carbocycles. The average molecular weight is 350 g/mol. The lowest BCUT2D eigenvalue weighted by molar-refractivity contribution is 0.362. The molecule has 2 N–H and O–H groups in total. The molecule has 3 heteroatoms. The minimum Gasteiger partial charge on any atom is -0.343 e. The second-order valence-electron chi connectivity index (χ2n) is 7.59. The summed E-state index contributed by atoms with van der Waals surface area (Å²) in [5.41, 5.74) is 5.97. The van der Waals surface area contributed by atoms with Crippen molar-refractivity contribution in [3.8, 4) is 0 Å². The molecule has 1 atom stereocenters. The lowest BCUT2D eigenvalue weighted by atomic mass is 10.0. The number of unbranched alkanes of at least 4 members (excludes halogenated alkanes) is 12. The van der Waals surface area contributed by atoms with Crippen LogP contribution < -0.4 is 5.73 Å². The topological polar surface area (TPSA) is 41.6 Å². The molecule has 0 aromatic carbocycles. The van der Waals surface area contributed by atoms with Crippen LogP contribution in [0.2, 0.25) is 0 Å². The van der Waals surface area contributed by atoms with Crippen molar-refractivity contribution in [3.63, 3.8) is 0 Å². The zero-order valence-electron chi connectivity index (χ0n) is 17.0. The summed E-state index contributed by atoms with van der Waals surface area (Å²) < 4.78 is 0. The van der Waals surface area contributed by atoms with Crippen LogP contribution in [0.3, 0.4) is 0 Å². The van der Waals surface area contributed by atoms with Crippen molar-refractivity contribution >= 4 is 5.84 Å². The molecule has 1 heterocycles. The summed E-state index contributed by atoms with van der Waals surface area (Å²) in [4.78, 5) is 6.77. The van der Waals surface area contributed by atoms with Crippen LogP contribution >= 0.6 is 0 Å². The average Bonchev–Trinajstić information content (AvgIpc) is 3.07. The van der Waals surface area contributed by atoms with Gasteiger partial charge in [0.15, 0.2) is 0 Å². The van der Waals surface area contributed by atoms with Crippen molar-refractivity contribution < 1.29 is 0 Å². The molecular formula is C22H43N3. The maximum atomic E-state index is 5.97. The molecule has 1 rings (SSSR count). The van der Waals surface area contributed by atoms with Crippen LogP contribution in [-0.4, -0.2) is 30.0 Å². The molecule has 25 heavy (non-hydrogen) atoms. The maximum Gasteiger partial charge on any atom is 0.104 e. The molecule has 0 aromatic rings. The number of rotatable bonds is 16. The van der Waals surface area contributed by atoms with Gasteiger partial charge in [0.1, 0.15) is 5.84 Å². The van der Waals surface area contributed by atoms with Crippen LogP contribution in [0, 0.1) is 0 Å². The van der Waals surface area contributed by atoms with Crippen molar-refractivity contribution in [2.24, 2.45) is 10.7 Å². The molecule has 146 valence electrons. The molecule has 0 bridgehead atoms. The first kappa shape index (κ1) is 22.2. The molecule has 3 nitrogen and oxygen atoms in total. The van der Waals surface area contributed by atoms with E-state index < -0.39 is 0 Å². The lowest BCUT2D eigenvalue weighted by Crippen LogP contribution is -2.41. The van der Waals surface area contributed by atoms with Gasteiger partial charge in [-0.15, -0.1) is 0 Å². The molecule has 0 radical (unpaired) electrons. The summed E-state index contributed by atoms with van der Waals surface area (Å²) in [6, 6.07) is 0. The van der Waals surface area contributed by atoms with Gasteiger partial charge in [-0.3, -0.25) is 4.99 Å². The minimum absolute atomic E-state index is 0.0889. The molecular weight excluding hydrogens is 306 g/mol. The standard InChI is InChI=1S/C22H43N3/c1-3-4-5-6-7-8-9-10-11-12-13-14-15-16-17-18-22-24-19-20-25(22)21(2)23/h16-17,21H,3-15,18-20,23H2,1-2H3/b17-16+. The van der Waals surface area contributed by atoms with Gasteiger partial charge in [0.05, 0.1) is 12.7 Å².